The first kappa shape index (κ1) is 17.3. The Morgan fingerprint density at radius 2 is 2.13 bits per heavy atom. The van der Waals surface area contributed by atoms with E-state index in [2.05, 4.69) is 14.9 Å². The van der Waals surface area contributed by atoms with Gasteiger partial charge in [-0.3, -0.25) is 14.7 Å². The average molecular weight is 335 g/mol. The van der Waals surface area contributed by atoms with Crippen LogP contribution in [0.25, 0.3) is 10.9 Å². The maximum atomic E-state index is 12.0. The van der Waals surface area contributed by atoms with Crippen molar-refractivity contribution in [2.24, 2.45) is 5.92 Å². The number of nitrogens with zero attached hydrogens (tertiary/aromatic N) is 1. The number of carbonyl (C=O) groups excluding carboxylic acids is 2. The van der Waals surface area contributed by atoms with E-state index in [0.29, 0.717) is 11.0 Å². The third-order valence-corrected chi connectivity index (χ3v) is 4.01. The Bertz CT molecular complexity index is 732. The molecule has 8 heteroatoms. The zero-order chi connectivity index (χ0) is 17.0. The van der Waals surface area contributed by atoms with Gasteiger partial charge in [0.2, 0.25) is 0 Å². The number of nitrogens with one attached hydrogen (secondary N) is 1. The molecule has 0 aliphatic carbocycles. The van der Waals surface area contributed by atoms with E-state index in [1.54, 1.807) is 12.3 Å². The summed E-state index contributed by atoms with van der Waals surface area (Å²) in [5, 5.41) is 7.60. The van der Waals surface area contributed by atoms with Crippen molar-refractivity contribution in [1.29, 1.82) is 0 Å². The van der Waals surface area contributed by atoms with Crippen molar-refractivity contribution in [3.8, 4) is 0 Å². The second-order valence-corrected chi connectivity index (χ2v) is 5.37. The van der Waals surface area contributed by atoms with Gasteiger partial charge in [-0.25, -0.2) is 0 Å². The molecule has 2 radical (unpaired) electrons. The van der Waals surface area contributed by atoms with Gasteiger partial charge >= 0.3 is 11.9 Å². The highest BCUT2D eigenvalue weighted by Crippen LogP contribution is 2.25. The van der Waals surface area contributed by atoms with E-state index in [1.165, 1.54) is 14.2 Å². The van der Waals surface area contributed by atoms with Crippen molar-refractivity contribution < 1.29 is 19.1 Å². The smallest absolute Gasteiger partial charge is 0.309 e. The van der Waals surface area contributed by atoms with Gasteiger partial charge < -0.3 is 9.47 Å². The molecule has 0 saturated heterocycles. The molecule has 0 fully saturated rings. The fraction of sp³-hybridized carbons (Fsp3) is 0.400. The summed E-state index contributed by atoms with van der Waals surface area (Å²) in [6.45, 7) is 0. The van der Waals surface area contributed by atoms with Crippen molar-refractivity contribution in [1.82, 2.24) is 10.2 Å². The molecule has 0 aliphatic heterocycles. The summed E-state index contributed by atoms with van der Waals surface area (Å²) in [5.41, 5.74) is 2.81. The molecule has 0 aliphatic rings. The highest BCUT2D eigenvalue weighted by molar-refractivity contribution is 6.38. The normalized spacial score (nSPS) is 12.1. The van der Waals surface area contributed by atoms with Gasteiger partial charge in [-0.15, -0.1) is 11.6 Å². The van der Waals surface area contributed by atoms with Crippen molar-refractivity contribution >= 4 is 47.8 Å². The van der Waals surface area contributed by atoms with Gasteiger partial charge in [0.1, 0.15) is 7.85 Å². The molecular formula is C15H16BClN2O4. The van der Waals surface area contributed by atoms with Crippen molar-refractivity contribution in [2.75, 3.05) is 14.2 Å². The first-order valence-corrected chi connectivity index (χ1v) is 7.49. The van der Waals surface area contributed by atoms with Crippen LogP contribution in [0.3, 0.4) is 0 Å². The van der Waals surface area contributed by atoms with E-state index in [0.717, 1.165) is 16.5 Å². The van der Waals surface area contributed by atoms with Crippen LogP contribution in [0.4, 0.5) is 0 Å². The molecule has 2 aromatic rings. The number of H-pyrrole nitrogens is 1. The minimum atomic E-state index is -0.668. The number of alkyl halides is 1. The highest BCUT2D eigenvalue weighted by Gasteiger charge is 2.25. The van der Waals surface area contributed by atoms with Gasteiger partial charge in [0.05, 0.1) is 38.3 Å². The number of aromatic amines is 1. The van der Waals surface area contributed by atoms with Gasteiger partial charge in [0, 0.05) is 11.3 Å². The average Bonchev–Trinajstić information content (AvgIpc) is 3.03. The molecule has 0 unspecified atom stereocenters. The first-order valence-electron chi connectivity index (χ1n) is 6.95. The fourth-order valence-electron chi connectivity index (χ4n) is 2.55. The SMILES string of the molecule is [B]c1cc(C[C@@H](CC(=O)OC)C(=O)OC)c(CCl)c2cn[nH]c12. The number of methoxy groups -OCH3 is 2. The first-order chi connectivity index (χ1) is 11.0. The molecule has 0 amide bonds. The topological polar surface area (TPSA) is 81.3 Å². The standard InChI is InChI=1S/C15H16BClN2O4/c1-22-13(20)5-9(15(21)23-2)3-8-4-12(16)14-11(7-18-19-14)10(8)6-17/h4,7,9H,3,5-6H2,1-2H3,(H,18,19)/t9-/m0/s1. The number of hydrogen-bond donors (Lipinski definition) is 1. The Morgan fingerprint density at radius 3 is 2.74 bits per heavy atom. The molecule has 6 nitrogen and oxygen atoms in total. The van der Waals surface area contributed by atoms with Crippen molar-refractivity contribution in [3.63, 3.8) is 0 Å². The van der Waals surface area contributed by atoms with Crippen LogP contribution in [-0.4, -0.2) is 44.2 Å². The Morgan fingerprint density at radius 1 is 1.39 bits per heavy atom. The Hall–Kier alpha value is -2.02. The van der Waals surface area contributed by atoms with Crippen LogP contribution < -0.4 is 5.46 Å². The van der Waals surface area contributed by atoms with Gasteiger partial charge in [-0.2, -0.15) is 5.10 Å². The summed E-state index contributed by atoms with van der Waals surface area (Å²) < 4.78 is 9.42. The number of halogens is 1. The number of hydrogen-bond acceptors (Lipinski definition) is 5. The molecule has 0 spiro atoms. The van der Waals surface area contributed by atoms with Gasteiger partial charge in [0.15, 0.2) is 0 Å². The molecule has 1 atom stereocenters. The third kappa shape index (κ3) is 3.67. The second kappa shape index (κ2) is 7.50. The number of fused-ring (bicyclic) bond motifs is 1. The summed E-state index contributed by atoms with van der Waals surface area (Å²) in [5.74, 6) is -1.40. The number of benzene rings is 1. The molecule has 1 aromatic heterocycles. The zero-order valence-electron chi connectivity index (χ0n) is 12.9. The molecule has 1 aromatic carbocycles. The zero-order valence-corrected chi connectivity index (χ0v) is 13.6. The minimum Gasteiger partial charge on any atom is -0.469 e. The van der Waals surface area contributed by atoms with E-state index >= 15 is 0 Å². The van der Waals surface area contributed by atoms with Crippen molar-refractivity contribution in [2.45, 2.75) is 18.7 Å². The minimum absolute atomic E-state index is 0.0752. The summed E-state index contributed by atoms with van der Waals surface area (Å²) in [6.07, 6.45) is 1.84. The molecule has 1 N–H and O–H groups in total. The maximum absolute atomic E-state index is 12.0. The molecule has 120 valence electrons. The van der Waals surface area contributed by atoms with Crippen LogP contribution in [0.15, 0.2) is 12.3 Å². The second-order valence-electron chi connectivity index (χ2n) is 5.10. The number of esters is 2. The molecule has 0 saturated carbocycles. The largest absolute Gasteiger partial charge is 0.469 e. The molecule has 1 heterocycles. The lowest BCUT2D eigenvalue weighted by Gasteiger charge is -2.17. The molecule has 0 bridgehead atoms. The van der Waals surface area contributed by atoms with E-state index in [1.807, 2.05) is 0 Å². The van der Waals surface area contributed by atoms with Gasteiger partial charge in [0.25, 0.3) is 0 Å². The number of ether oxygens (including phenoxy) is 2. The molecule has 2 rings (SSSR count). The van der Waals surface area contributed by atoms with Crippen LogP contribution in [0.2, 0.25) is 0 Å². The molecular weight excluding hydrogens is 318 g/mol. The van der Waals surface area contributed by atoms with E-state index in [4.69, 9.17) is 24.2 Å². The van der Waals surface area contributed by atoms with Crippen LogP contribution in [-0.2, 0) is 31.4 Å². The Labute approximate surface area is 139 Å². The van der Waals surface area contributed by atoms with Crippen LogP contribution >= 0.6 is 11.6 Å². The fourth-order valence-corrected chi connectivity index (χ4v) is 2.87. The quantitative estimate of drug-likeness (QED) is 0.484. The van der Waals surface area contributed by atoms with Crippen LogP contribution in [0.5, 0.6) is 0 Å². The summed E-state index contributed by atoms with van der Waals surface area (Å²) >= 11 is 6.06. The summed E-state index contributed by atoms with van der Waals surface area (Å²) in [6, 6.07) is 1.74. The van der Waals surface area contributed by atoms with Gasteiger partial charge in [-0.05, 0) is 17.5 Å². The van der Waals surface area contributed by atoms with E-state index in [-0.39, 0.29) is 18.7 Å². The summed E-state index contributed by atoms with van der Waals surface area (Å²) in [4.78, 5) is 23.5. The van der Waals surface area contributed by atoms with Crippen LogP contribution in [0, 0.1) is 5.92 Å². The Balaban J connectivity index is 2.40. The third-order valence-electron chi connectivity index (χ3n) is 3.75. The predicted octanol–water partition coefficient (Wildman–Crippen LogP) is 0.990. The monoisotopic (exact) mass is 334 g/mol. The maximum Gasteiger partial charge on any atom is 0.309 e. The van der Waals surface area contributed by atoms with E-state index in [9.17, 15) is 9.59 Å². The lowest BCUT2D eigenvalue weighted by Crippen LogP contribution is -2.24. The van der Waals surface area contributed by atoms with Crippen molar-refractivity contribution in [3.05, 3.63) is 23.4 Å². The Kier molecular flexibility index (Phi) is 5.66. The van der Waals surface area contributed by atoms with Crippen LogP contribution in [0.1, 0.15) is 17.5 Å². The van der Waals surface area contributed by atoms with Gasteiger partial charge in [-0.1, -0.05) is 11.5 Å². The number of aromatic nitrogens is 2. The highest BCUT2D eigenvalue weighted by atomic mass is 35.5. The lowest BCUT2D eigenvalue weighted by molar-refractivity contribution is -0.151. The molecule has 23 heavy (non-hydrogen) atoms. The number of rotatable bonds is 6. The van der Waals surface area contributed by atoms with E-state index < -0.39 is 17.9 Å². The number of carbonyl (C=O) groups is 2. The summed E-state index contributed by atoms with van der Waals surface area (Å²) in [7, 11) is 8.57. The predicted molar refractivity (Wildman–Crippen MR) is 86.9 cm³/mol. The lowest BCUT2D eigenvalue weighted by atomic mass is 9.85.